The van der Waals surface area contributed by atoms with Gasteiger partial charge in [-0.05, 0) is 25.2 Å². The number of hydrogen-bond donors (Lipinski definition) is 0. The maximum absolute atomic E-state index is 12.1. The van der Waals surface area contributed by atoms with Crippen molar-refractivity contribution in [3.05, 3.63) is 18.2 Å². The van der Waals surface area contributed by atoms with Crippen LogP contribution in [-0.4, -0.2) is 35.1 Å². The van der Waals surface area contributed by atoms with E-state index in [2.05, 4.69) is 9.55 Å². The Bertz CT molecular complexity index is 546. The molecule has 2 heterocycles. The Morgan fingerprint density at radius 1 is 1.21 bits per heavy atom. The van der Waals surface area contributed by atoms with Gasteiger partial charge in [0, 0.05) is 25.5 Å². The monoisotopic (exact) mass is 283 g/mol. The van der Waals surface area contributed by atoms with Crippen molar-refractivity contribution in [2.75, 3.05) is 12.8 Å². The number of hydrogen-bond acceptors (Lipinski definition) is 3. The van der Waals surface area contributed by atoms with Crippen LogP contribution in [-0.2, 0) is 16.6 Å². The van der Waals surface area contributed by atoms with E-state index in [4.69, 9.17) is 0 Å². The molecule has 0 amide bonds. The van der Waals surface area contributed by atoms with Crippen LogP contribution in [0.2, 0.25) is 0 Å². The van der Waals surface area contributed by atoms with Crippen LogP contribution in [0.3, 0.4) is 0 Å². The lowest BCUT2D eigenvalue weighted by Gasteiger charge is -2.31. The van der Waals surface area contributed by atoms with Crippen molar-refractivity contribution in [2.45, 2.75) is 44.7 Å². The standard InChI is InChI=1S/C13H21N3O2S/c1-19(17,18)16-9-4-8-15-10-7-14-13(15)12(16)11-5-2-3-6-11/h7,10-12H,2-6,8-9H2,1H3. The lowest BCUT2D eigenvalue weighted by molar-refractivity contribution is 0.239. The minimum Gasteiger partial charge on any atom is -0.334 e. The fraction of sp³-hybridized carbons (Fsp3) is 0.769. The average molecular weight is 283 g/mol. The predicted molar refractivity (Wildman–Crippen MR) is 73.1 cm³/mol. The second kappa shape index (κ2) is 4.90. The second-order valence-corrected chi connectivity index (χ2v) is 7.63. The highest BCUT2D eigenvalue weighted by Crippen LogP contribution is 2.41. The molecule has 1 aromatic rings. The second-order valence-electron chi connectivity index (χ2n) is 5.70. The van der Waals surface area contributed by atoms with Gasteiger partial charge in [-0.25, -0.2) is 13.4 Å². The summed E-state index contributed by atoms with van der Waals surface area (Å²) in [6.45, 7) is 1.48. The van der Waals surface area contributed by atoms with Gasteiger partial charge in [-0.3, -0.25) is 0 Å². The SMILES string of the molecule is CS(=O)(=O)N1CCCn2ccnc2C1C1CCCC1. The number of fused-ring (bicyclic) bond motifs is 1. The third-order valence-electron chi connectivity index (χ3n) is 4.37. The van der Waals surface area contributed by atoms with Gasteiger partial charge in [-0.15, -0.1) is 0 Å². The van der Waals surface area contributed by atoms with Crippen LogP contribution in [0.5, 0.6) is 0 Å². The smallest absolute Gasteiger partial charge is 0.211 e. The molecule has 6 heteroatoms. The van der Waals surface area contributed by atoms with E-state index in [1.54, 1.807) is 10.5 Å². The molecule has 1 fully saturated rings. The summed E-state index contributed by atoms with van der Waals surface area (Å²) in [6, 6.07) is -0.0602. The number of rotatable bonds is 2. The number of sulfonamides is 1. The molecule has 19 heavy (non-hydrogen) atoms. The molecule has 0 radical (unpaired) electrons. The number of aryl methyl sites for hydroxylation is 1. The van der Waals surface area contributed by atoms with Gasteiger partial charge in [0.15, 0.2) is 0 Å². The maximum Gasteiger partial charge on any atom is 0.211 e. The molecule has 1 atom stereocenters. The molecule has 3 rings (SSSR count). The van der Waals surface area contributed by atoms with E-state index >= 15 is 0 Å². The van der Waals surface area contributed by atoms with Crippen LogP contribution in [0.1, 0.15) is 44.0 Å². The molecule has 2 aliphatic rings. The summed E-state index contributed by atoms with van der Waals surface area (Å²) in [6.07, 6.45) is 10.6. The summed E-state index contributed by atoms with van der Waals surface area (Å²) in [5.74, 6) is 1.36. The van der Waals surface area contributed by atoms with E-state index < -0.39 is 10.0 Å². The normalized spacial score (nSPS) is 26.3. The molecule has 0 aromatic carbocycles. The fourth-order valence-corrected chi connectivity index (χ4v) is 4.67. The van der Waals surface area contributed by atoms with Crippen LogP contribution in [0.15, 0.2) is 12.4 Å². The Labute approximate surface area is 114 Å². The predicted octanol–water partition coefficient (Wildman–Crippen LogP) is 1.78. The lowest BCUT2D eigenvalue weighted by Crippen LogP contribution is -2.37. The van der Waals surface area contributed by atoms with Gasteiger partial charge in [0.1, 0.15) is 5.82 Å². The van der Waals surface area contributed by atoms with E-state index in [0.29, 0.717) is 12.5 Å². The van der Waals surface area contributed by atoms with Gasteiger partial charge in [-0.1, -0.05) is 12.8 Å². The minimum atomic E-state index is -3.18. The maximum atomic E-state index is 12.1. The van der Waals surface area contributed by atoms with E-state index in [1.807, 2.05) is 6.20 Å². The first-order chi connectivity index (χ1) is 9.07. The van der Waals surface area contributed by atoms with Crippen molar-refractivity contribution in [3.63, 3.8) is 0 Å². The van der Waals surface area contributed by atoms with Crippen molar-refractivity contribution >= 4 is 10.0 Å². The van der Waals surface area contributed by atoms with Crippen LogP contribution in [0.25, 0.3) is 0 Å². The van der Waals surface area contributed by atoms with Crippen LogP contribution in [0, 0.1) is 5.92 Å². The molecule has 0 spiro atoms. The van der Waals surface area contributed by atoms with Crippen molar-refractivity contribution in [3.8, 4) is 0 Å². The average Bonchev–Trinajstić information content (AvgIpc) is 2.97. The zero-order chi connectivity index (χ0) is 13.5. The topological polar surface area (TPSA) is 55.2 Å². The molecule has 0 saturated heterocycles. The number of nitrogens with zero attached hydrogens (tertiary/aromatic N) is 3. The van der Waals surface area contributed by atoms with Crippen molar-refractivity contribution in [1.82, 2.24) is 13.9 Å². The molecule has 1 unspecified atom stereocenters. The number of aromatic nitrogens is 2. The Hall–Kier alpha value is -0.880. The highest BCUT2D eigenvalue weighted by Gasteiger charge is 2.39. The summed E-state index contributed by atoms with van der Waals surface area (Å²) in [7, 11) is -3.18. The first-order valence-corrected chi connectivity index (χ1v) is 8.90. The van der Waals surface area contributed by atoms with E-state index in [0.717, 1.165) is 31.6 Å². The Morgan fingerprint density at radius 3 is 2.63 bits per heavy atom. The molecule has 106 valence electrons. The summed E-state index contributed by atoms with van der Waals surface area (Å²) in [4.78, 5) is 4.46. The van der Waals surface area contributed by atoms with Gasteiger partial charge >= 0.3 is 0 Å². The fourth-order valence-electron chi connectivity index (χ4n) is 3.53. The summed E-state index contributed by atoms with van der Waals surface area (Å²) < 4.78 is 28.1. The van der Waals surface area contributed by atoms with Gasteiger partial charge in [-0.2, -0.15) is 4.31 Å². The first kappa shape index (κ1) is 13.1. The number of imidazole rings is 1. The van der Waals surface area contributed by atoms with Crippen molar-refractivity contribution < 1.29 is 8.42 Å². The summed E-state index contributed by atoms with van der Waals surface area (Å²) in [5, 5.41) is 0. The third kappa shape index (κ3) is 2.43. The molecule has 5 nitrogen and oxygen atoms in total. The van der Waals surface area contributed by atoms with Crippen LogP contribution in [0.4, 0.5) is 0 Å². The zero-order valence-corrected chi connectivity index (χ0v) is 12.1. The van der Waals surface area contributed by atoms with E-state index in [-0.39, 0.29) is 6.04 Å². The largest absolute Gasteiger partial charge is 0.334 e. The summed E-state index contributed by atoms with van der Waals surface area (Å²) in [5.41, 5.74) is 0. The molecular formula is C13H21N3O2S. The Kier molecular flexibility index (Phi) is 3.39. The van der Waals surface area contributed by atoms with Gasteiger partial charge < -0.3 is 4.57 Å². The quantitative estimate of drug-likeness (QED) is 0.831. The summed E-state index contributed by atoms with van der Waals surface area (Å²) >= 11 is 0. The molecule has 1 saturated carbocycles. The highest BCUT2D eigenvalue weighted by molar-refractivity contribution is 7.88. The minimum absolute atomic E-state index is 0.0602. The van der Waals surface area contributed by atoms with Crippen LogP contribution >= 0.6 is 0 Å². The van der Waals surface area contributed by atoms with E-state index in [1.165, 1.54) is 19.1 Å². The van der Waals surface area contributed by atoms with Gasteiger partial charge in [0.05, 0.1) is 12.3 Å². The molecule has 0 bridgehead atoms. The van der Waals surface area contributed by atoms with Crippen molar-refractivity contribution in [2.24, 2.45) is 5.92 Å². The van der Waals surface area contributed by atoms with Crippen molar-refractivity contribution in [1.29, 1.82) is 0 Å². The van der Waals surface area contributed by atoms with Gasteiger partial charge in [0.2, 0.25) is 10.0 Å². The zero-order valence-electron chi connectivity index (χ0n) is 11.3. The van der Waals surface area contributed by atoms with Crippen LogP contribution < -0.4 is 0 Å². The van der Waals surface area contributed by atoms with Gasteiger partial charge in [0.25, 0.3) is 0 Å². The lowest BCUT2D eigenvalue weighted by atomic mass is 9.97. The molecule has 1 aliphatic heterocycles. The van der Waals surface area contributed by atoms with E-state index in [9.17, 15) is 8.42 Å². The Balaban J connectivity index is 2.04. The molecule has 1 aliphatic carbocycles. The Morgan fingerprint density at radius 2 is 1.95 bits per heavy atom. The molecule has 1 aromatic heterocycles. The molecule has 0 N–H and O–H groups in total. The highest BCUT2D eigenvalue weighted by atomic mass is 32.2. The third-order valence-corrected chi connectivity index (χ3v) is 5.63. The molecular weight excluding hydrogens is 262 g/mol. The first-order valence-electron chi connectivity index (χ1n) is 7.05.